The Kier molecular flexibility index (Phi) is 5.17. The van der Waals surface area contributed by atoms with Crippen LogP contribution in [0, 0.1) is 19.8 Å². The molecular formula is C15H26N4O. The molecule has 112 valence electrons. The topological polar surface area (TPSA) is 72.9 Å². The highest BCUT2D eigenvalue weighted by atomic mass is 16.2. The number of amides is 1. The number of carbonyl (C=O) groups is 1. The van der Waals surface area contributed by atoms with E-state index in [2.05, 4.69) is 10.4 Å². The lowest BCUT2D eigenvalue weighted by molar-refractivity contribution is -0.123. The van der Waals surface area contributed by atoms with Crippen molar-refractivity contribution in [3.63, 3.8) is 0 Å². The van der Waals surface area contributed by atoms with E-state index >= 15 is 0 Å². The first-order valence-electron chi connectivity index (χ1n) is 7.60. The van der Waals surface area contributed by atoms with Crippen LogP contribution in [0.5, 0.6) is 0 Å². The summed E-state index contributed by atoms with van der Waals surface area (Å²) >= 11 is 0. The molecule has 0 saturated heterocycles. The maximum atomic E-state index is 12.2. The highest BCUT2D eigenvalue weighted by Crippen LogP contribution is 2.26. The highest BCUT2D eigenvalue weighted by molar-refractivity contribution is 5.76. The third kappa shape index (κ3) is 3.82. The summed E-state index contributed by atoms with van der Waals surface area (Å²) in [7, 11) is 0. The molecule has 1 aliphatic rings. The molecule has 1 atom stereocenters. The fourth-order valence-corrected chi connectivity index (χ4v) is 3.13. The summed E-state index contributed by atoms with van der Waals surface area (Å²) in [5.74, 6) is 0.551. The van der Waals surface area contributed by atoms with E-state index in [9.17, 15) is 4.79 Å². The van der Waals surface area contributed by atoms with Gasteiger partial charge in [-0.25, -0.2) is 0 Å². The Hall–Kier alpha value is -1.36. The predicted octanol–water partition coefficient (Wildman–Crippen LogP) is 1.52. The lowest BCUT2D eigenvalue weighted by atomic mass is 9.84. The van der Waals surface area contributed by atoms with Gasteiger partial charge in [0.25, 0.3) is 0 Å². The van der Waals surface area contributed by atoms with Crippen LogP contribution >= 0.6 is 0 Å². The molecule has 0 aromatic carbocycles. The number of carbonyl (C=O) groups excluding carboxylic acids is 1. The quantitative estimate of drug-likeness (QED) is 0.857. The van der Waals surface area contributed by atoms with E-state index in [4.69, 9.17) is 5.73 Å². The Morgan fingerprint density at radius 3 is 2.70 bits per heavy atom. The minimum absolute atomic E-state index is 0.0113. The molecule has 1 fully saturated rings. The summed E-state index contributed by atoms with van der Waals surface area (Å²) in [5, 5.41) is 7.42. The average molecular weight is 278 g/mol. The van der Waals surface area contributed by atoms with Gasteiger partial charge in [-0.05, 0) is 38.7 Å². The van der Waals surface area contributed by atoms with Gasteiger partial charge in [0, 0.05) is 18.3 Å². The van der Waals surface area contributed by atoms with E-state index in [-0.39, 0.29) is 18.5 Å². The first kappa shape index (κ1) is 15.0. The number of aromatic nitrogens is 2. The smallest absolute Gasteiger partial charge is 0.242 e. The minimum Gasteiger partial charge on any atom is -0.350 e. The van der Waals surface area contributed by atoms with E-state index in [1.54, 1.807) is 4.68 Å². The van der Waals surface area contributed by atoms with Gasteiger partial charge in [-0.3, -0.25) is 9.48 Å². The predicted molar refractivity (Wildman–Crippen MR) is 79.3 cm³/mol. The lowest BCUT2D eigenvalue weighted by Gasteiger charge is -2.30. The molecule has 1 unspecified atom stereocenters. The number of nitrogens with two attached hydrogens (primary N) is 1. The third-order valence-corrected chi connectivity index (χ3v) is 4.22. The molecule has 0 radical (unpaired) electrons. The van der Waals surface area contributed by atoms with Gasteiger partial charge in [0.2, 0.25) is 5.91 Å². The molecular weight excluding hydrogens is 252 g/mol. The molecule has 1 heterocycles. The van der Waals surface area contributed by atoms with Crippen LogP contribution in [0.4, 0.5) is 0 Å². The Balaban J connectivity index is 1.90. The second-order valence-electron chi connectivity index (χ2n) is 5.89. The summed E-state index contributed by atoms with van der Waals surface area (Å²) in [6, 6.07) is 2.09. The molecule has 1 aromatic rings. The lowest BCUT2D eigenvalue weighted by Crippen LogP contribution is -2.47. The summed E-state index contributed by atoms with van der Waals surface area (Å²) in [4.78, 5) is 12.2. The fourth-order valence-electron chi connectivity index (χ4n) is 3.13. The zero-order chi connectivity index (χ0) is 14.5. The Bertz CT molecular complexity index is 449. The zero-order valence-corrected chi connectivity index (χ0v) is 12.6. The van der Waals surface area contributed by atoms with Crippen molar-refractivity contribution in [3.05, 3.63) is 17.5 Å². The van der Waals surface area contributed by atoms with Gasteiger partial charge in [0.1, 0.15) is 6.54 Å². The number of rotatable bonds is 5. The van der Waals surface area contributed by atoms with Gasteiger partial charge in [-0.1, -0.05) is 19.3 Å². The van der Waals surface area contributed by atoms with Crippen molar-refractivity contribution in [2.75, 3.05) is 6.54 Å². The second kappa shape index (κ2) is 6.88. The molecule has 2 rings (SSSR count). The normalized spacial score (nSPS) is 17.9. The maximum absolute atomic E-state index is 12.2. The molecule has 1 saturated carbocycles. The number of nitrogens with one attached hydrogen (secondary N) is 1. The fraction of sp³-hybridized carbons (Fsp3) is 0.733. The second-order valence-corrected chi connectivity index (χ2v) is 5.89. The van der Waals surface area contributed by atoms with Crippen molar-refractivity contribution in [1.29, 1.82) is 0 Å². The van der Waals surface area contributed by atoms with E-state index in [1.165, 1.54) is 32.1 Å². The summed E-state index contributed by atoms with van der Waals surface area (Å²) in [5.41, 5.74) is 7.80. The molecule has 1 amide bonds. The molecule has 0 aliphatic heterocycles. The van der Waals surface area contributed by atoms with Gasteiger partial charge in [-0.2, -0.15) is 5.10 Å². The van der Waals surface area contributed by atoms with E-state index in [1.807, 2.05) is 19.9 Å². The highest BCUT2D eigenvalue weighted by Gasteiger charge is 2.24. The Morgan fingerprint density at radius 2 is 2.15 bits per heavy atom. The standard InChI is InChI=1S/C15H26N4O/c1-11-8-12(2)19(18-11)10-15(20)17-14(9-16)13-6-4-3-5-7-13/h8,13-14H,3-7,9-10,16H2,1-2H3,(H,17,20). The van der Waals surface area contributed by atoms with Gasteiger partial charge in [0.05, 0.1) is 5.69 Å². The number of hydrogen-bond acceptors (Lipinski definition) is 3. The van der Waals surface area contributed by atoms with Crippen LogP contribution in [0.1, 0.15) is 43.5 Å². The number of nitrogens with zero attached hydrogens (tertiary/aromatic N) is 2. The van der Waals surface area contributed by atoms with Crippen LogP contribution in [-0.2, 0) is 11.3 Å². The molecule has 20 heavy (non-hydrogen) atoms. The summed E-state index contributed by atoms with van der Waals surface area (Å²) < 4.78 is 1.75. The summed E-state index contributed by atoms with van der Waals surface area (Å²) in [6.07, 6.45) is 6.20. The molecule has 0 spiro atoms. The largest absolute Gasteiger partial charge is 0.350 e. The monoisotopic (exact) mass is 278 g/mol. The van der Waals surface area contributed by atoms with Gasteiger partial charge in [0.15, 0.2) is 0 Å². The third-order valence-electron chi connectivity index (χ3n) is 4.22. The zero-order valence-electron chi connectivity index (χ0n) is 12.6. The van der Waals surface area contributed by atoms with Crippen LogP contribution in [0.3, 0.4) is 0 Å². The molecule has 5 heteroatoms. The first-order chi connectivity index (χ1) is 9.60. The Labute approximate surface area is 120 Å². The van der Waals surface area contributed by atoms with Crippen LogP contribution in [0.2, 0.25) is 0 Å². The number of hydrogen-bond donors (Lipinski definition) is 2. The molecule has 0 bridgehead atoms. The molecule has 1 aromatic heterocycles. The minimum atomic E-state index is 0.0113. The van der Waals surface area contributed by atoms with E-state index < -0.39 is 0 Å². The van der Waals surface area contributed by atoms with Gasteiger partial charge < -0.3 is 11.1 Å². The molecule has 3 N–H and O–H groups in total. The molecule has 1 aliphatic carbocycles. The SMILES string of the molecule is Cc1cc(C)n(CC(=O)NC(CN)C2CCCCC2)n1. The van der Waals surface area contributed by atoms with E-state index in [0.29, 0.717) is 12.5 Å². The molecule has 5 nitrogen and oxygen atoms in total. The van der Waals surface area contributed by atoms with Crippen LogP contribution in [0.15, 0.2) is 6.07 Å². The maximum Gasteiger partial charge on any atom is 0.242 e. The van der Waals surface area contributed by atoms with Crippen molar-refractivity contribution in [3.8, 4) is 0 Å². The van der Waals surface area contributed by atoms with Crippen molar-refractivity contribution < 1.29 is 4.79 Å². The number of aryl methyl sites for hydroxylation is 2. The van der Waals surface area contributed by atoms with Gasteiger partial charge >= 0.3 is 0 Å². The van der Waals surface area contributed by atoms with Crippen LogP contribution in [0.25, 0.3) is 0 Å². The van der Waals surface area contributed by atoms with Gasteiger partial charge in [-0.15, -0.1) is 0 Å². The summed E-state index contributed by atoms with van der Waals surface area (Å²) in [6.45, 7) is 4.71. The van der Waals surface area contributed by atoms with Crippen molar-refractivity contribution in [1.82, 2.24) is 15.1 Å². The Morgan fingerprint density at radius 1 is 1.45 bits per heavy atom. The van der Waals surface area contributed by atoms with Crippen LogP contribution in [-0.4, -0.2) is 28.3 Å². The average Bonchev–Trinajstić information content (AvgIpc) is 2.75. The van der Waals surface area contributed by atoms with Crippen molar-refractivity contribution in [2.24, 2.45) is 11.7 Å². The van der Waals surface area contributed by atoms with Crippen LogP contribution < -0.4 is 11.1 Å². The van der Waals surface area contributed by atoms with E-state index in [0.717, 1.165) is 11.4 Å². The first-order valence-corrected chi connectivity index (χ1v) is 7.60. The van der Waals surface area contributed by atoms with Crippen molar-refractivity contribution in [2.45, 2.75) is 58.5 Å². The van der Waals surface area contributed by atoms with Crippen molar-refractivity contribution >= 4 is 5.91 Å².